The van der Waals surface area contributed by atoms with E-state index >= 15 is 0 Å². The van der Waals surface area contributed by atoms with Gasteiger partial charge in [-0.2, -0.15) is 0 Å². The molecule has 1 aliphatic heterocycles. The lowest BCUT2D eigenvalue weighted by Crippen LogP contribution is -2.49. The van der Waals surface area contributed by atoms with E-state index in [9.17, 15) is 14.0 Å². The van der Waals surface area contributed by atoms with Gasteiger partial charge in [0.1, 0.15) is 11.9 Å². The second kappa shape index (κ2) is 7.24. The number of amides is 3. The molecule has 6 heteroatoms. The van der Waals surface area contributed by atoms with Crippen LogP contribution in [0.25, 0.3) is 0 Å². The van der Waals surface area contributed by atoms with E-state index in [1.54, 1.807) is 17.0 Å². The van der Waals surface area contributed by atoms with Gasteiger partial charge in [-0.15, -0.1) is 0 Å². The largest absolute Gasteiger partial charge is 0.341 e. The van der Waals surface area contributed by atoms with E-state index in [2.05, 4.69) is 5.32 Å². The summed E-state index contributed by atoms with van der Waals surface area (Å²) >= 11 is 0. The highest BCUT2D eigenvalue weighted by molar-refractivity contribution is 5.94. The van der Waals surface area contributed by atoms with Crippen LogP contribution < -0.4 is 5.32 Å². The number of halogens is 1. The van der Waals surface area contributed by atoms with Gasteiger partial charge in [0.15, 0.2) is 0 Å². The smallest absolute Gasteiger partial charge is 0.322 e. The number of benzene rings is 1. The number of rotatable bonds is 4. The van der Waals surface area contributed by atoms with Crippen LogP contribution in [0.4, 0.5) is 14.9 Å². The number of nitrogens with one attached hydrogen (secondary N) is 1. The fourth-order valence-corrected chi connectivity index (χ4v) is 2.76. The number of anilines is 1. The quantitative estimate of drug-likeness (QED) is 0.930. The van der Waals surface area contributed by atoms with Crippen molar-refractivity contribution in [2.24, 2.45) is 0 Å². The molecule has 5 nitrogen and oxygen atoms in total. The van der Waals surface area contributed by atoms with Gasteiger partial charge in [0.2, 0.25) is 5.91 Å². The Balaban J connectivity index is 2.08. The summed E-state index contributed by atoms with van der Waals surface area (Å²) in [5.41, 5.74) is 0.133. The summed E-state index contributed by atoms with van der Waals surface area (Å²) in [6.45, 7) is 5.58. The molecule has 1 fully saturated rings. The highest BCUT2D eigenvalue weighted by atomic mass is 19.1. The van der Waals surface area contributed by atoms with Crippen molar-refractivity contribution >= 4 is 17.6 Å². The van der Waals surface area contributed by atoms with Crippen molar-refractivity contribution in [1.82, 2.24) is 9.80 Å². The minimum atomic E-state index is -0.485. The Morgan fingerprint density at radius 3 is 2.64 bits per heavy atom. The Labute approximate surface area is 130 Å². The first-order valence-electron chi connectivity index (χ1n) is 7.69. The van der Waals surface area contributed by atoms with E-state index in [0.717, 1.165) is 6.42 Å². The van der Waals surface area contributed by atoms with E-state index in [0.29, 0.717) is 26.1 Å². The van der Waals surface area contributed by atoms with E-state index in [-0.39, 0.29) is 11.6 Å². The maximum Gasteiger partial charge on any atom is 0.322 e. The minimum absolute atomic E-state index is 0.0359. The number of carbonyl (C=O) groups excluding carboxylic acids is 2. The molecule has 0 radical (unpaired) electrons. The summed E-state index contributed by atoms with van der Waals surface area (Å²) in [5.74, 6) is -0.521. The zero-order valence-corrected chi connectivity index (χ0v) is 13.0. The zero-order valence-electron chi connectivity index (χ0n) is 13.0. The SMILES string of the molecule is CCN(CC)C(=O)[C@H]1CCCN1C(=O)Nc1ccccc1F. The van der Waals surface area contributed by atoms with E-state index in [1.807, 2.05) is 13.8 Å². The van der Waals surface area contributed by atoms with Gasteiger partial charge in [-0.1, -0.05) is 12.1 Å². The Morgan fingerprint density at radius 1 is 1.32 bits per heavy atom. The number of likely N-dealkylation sites (N-methyl/N-ethyl adjacent to an activating group) is 1. The van der Waals surface area contributed by atoms with Crippen LogP contribution in [0.2, 0.25) is 0 Å². The van der Waals surface area contributed by atoms with Gasteiger partial charge in [0.25, 0.3) is 0 Å². The van der Waals surface area contributed by atoms with Crippen LogP contribution in [0.3, 0.4) is 0 Å². The average Bonchev–Trinajstić information content (AvgIpc) is 3.00. The molecule has 0 aromatic heterocycles. The predicted molar refractivity (Wildman–Crippen MR) is 83.1 cm³/mol. The van der Waals surface area contributed by atoms with Gasteiger partial charge >= 0.3 is 6.03 Å². The summed E-state index contributed by atoms with van der Waals surface area (Å²) in [6.07, 6.45) is 1.43. The fraction of sp³-hybridized carbons (Fsp3) is 0.500. The third-order valence-corrected chi connectivity index (χ3v) is 3.99. The van der Waals surface area contributed by atoms with Gasteiger partial charge in [-0.25, -0.2) is 9.18 Å². The van der Waals surface area contributed by atoms with Gasteiger partial charge in [-0.3, -0.25) is 4.79 Å². The van der Waals surface area contributed by atoms with E-state index in [4.69, 9.17) is 0 Å². The minimum Gasteiger partial charge on any atom is -0.341 e. The topological polar surface area (TPSA) is 52.7 Å². The van der Waals surface area contributed by atoms with Crippen molar-refractivity contribution in [2.45, 2.75) is 32.7 Å². The Morgan fingerprint density at radius 2 is 2.00 bits per heavy atom. The maximum absolute atomic E-state index is 13.6. The molecule has 1 N–H and O–H groups in total. The average molecular weight is 307 g/mol. The normalized spacial score (nSPS) is 17.4. The molecule has 0 aliphatic carbocycles. The summed E-state index contributed by atoms with van der Waals surface area (Å²) in [5, 5.41) is 2.55. The van der Waals surface area contributed by atoms with Crippen LogP contribution >= 0.6 is 0 Å². The molecule has 3 amide bonds. The number of likely N-dealkylation sites (tertiary alicyclic amines) is 1. The molecular weight excluding hydrogens is 285 g/mol. The number of para-hydroxylation sites is 1. The molecule has 0 bridgehead atoms. The predicted octanol–water partition coefficient (Wildman–Crippen LogP) is 2.69. The molecule has 0 saturated carbocycles. The highest BCUT2D eigenvalue weighted by Gasteiger charge is 2.36. The van der Waals surface area contributed by atoms with Crippen molar-refractivity contribution in [3.63, 3.8) is 0 Å². The van der Waals surface area contributed by atoms with Gasteiger partial charge in [0, 0.05) is 19.6 Å². The lowest BCUT2D eigenvalue weighted by molar-refractivity contribution is -0.134. The molecule has 2 rings (SSSR count). The van der Waals surface area contributed by atoms with Crippen LogP contribution in [0.1, 0.15) is 26.7 Å². The third-order valence-electron chi connectivity index (χ3n) is 3.99. The molecule has 1 aliphatic rings. The maximum atomic E-state index is 13.6. The monoisotopic (exact) mass is 307 g/mol. The number of hydrogen-bond acceptors (Lipinski definition) is 2. The molecular formula is C16H22FN3O2. The van der Waals surface area contributed by atoms with Crippen LogP contribution in [0.15, 0.2) is 24.3 Å². The number of hydrogen-bond donors (Lipinski definition) is 1. The van der Waals surface area contributed by atoms with Gasteiger partial charge < -0.3 is 15.1 Å². The standard InChI is InChI=1S/C16H22FN3O2/c1-3-19(4-2)15(21)14-10-7-11-20(14)16(22)18-13-9-6-5-8-12(13)17/h5-6,8-9,14H,3-4,7,10-11H2,1-2H3,(H,18,22)/t14-/m1/s1. The summed E-state index contributed by atoms with van der Waals surface area (Å²) in [7, 11) is 0. The van der Waals surface area contributed by atoms with E-state index in [1.165, 1.54) is 17.0 Å². The van der Waals surface area contributed by atoms with Gasteiger partial charge in [0.05, 0.1) is 5.69 Å². The summed E-state index contributed by atoms with van der Waals surface area (Å²) in [6, 6.07) is 5.14. The zero-order chi connectivity index (χ0) is 16.1. The Bertz CT molecular complexity index is 546. The van der Waals surface area contributed by atoms with Crippen molar-refractivity contribution in [1.29, 1.82) is 0 Å². The number of urea groups is 1. The van der Waals surface area contributed by atoms with Crippen LogP contribution in [-0.2, 0) is 4.79 Å². The molecule has 120 valence electrons. The molecule has 1 aromatic rings. The molecule has 1 saturated heterocycles. The molecule has 1 atom stereocenters. The fourth-order valence-electron chi connectivity index (χ4n) is 2.76. The molecule has 0 spiro atoms. The Hall–Kier alpha value is -2.11. The van der Waals surface area contributed by atoms with Crippen LogP contribution in [0.5, 0.6) is 0 Å². The molecule has 1 aromatic carbocycles. The van der Waals surface area contributed by atoms with Crippen molar-refractivity contribution in [2.75, 3.05) is 25.0 Å². The van der Waals surface area contributed by atoms with Gasteiger partial charge in [-0.05, 0) is 38.8 Å². The first-order chi connectivity index (χ1) is 10.6. The first kappa shape index (κ1) is 16.3. The third kappa shape index (κ3) is 3.37. The summed E-state index contributed by atoms with van der Waals surface area (Å²) < 4.78 is 13.6. The van der Waals surface area contributed by atoms with Crippen molar-refractivity contribution < 1.29 is 14.0 Å². The summed E-state index contributed by atoms with van der Waals surface area (Å²) in [4.78, 5) is 28.1. The van der Waals surface area contributed by atoms with E-state index < -0.39 is 17.9 Å². The molecule has 22 heavy (non-hydrogen) atoms. The number of carbonyl (C=O) groups is 2. The molecule has 1 heterocycles. The Kier molecular flexibility index (Phi) is 5.35. The van der Waals surface area contributed by atoms with Crippen LogP contribution in [0, 0.1) is 5.82 Å². The number of nitrogens with zero attached hydrogens (tertiary/aromatic N) is 2. The van der Waals surface area contributed by atoms with Crippen molar-refractivity contribution in [3.8, 4) is 0 Å². The molecule has 0 unspecified atom stereocenters. The van der Waals surface area contributed by atoms with Crippen LogP contribution in [-0.4, -0.2) is 47.4 Å². The van der Waals surface area contributed by atoms with Crippen molar-refractivity contribution in [3.05, 3.63) is 30.1 Å². The first-order valence-corrected chi connectivity index (χ1v) is 7.69. The second-order valence-corrected chi connectivity index (χ2v) is 5.27. The lowest BCUT2D eigenvalue weighted by atomic mass is 10.2. The second-order valence-electron chi connectivity index (χ2n) is 5.27. The lowest BCUT2D eigenvalue weighted by Gasteiger charge is -2.29. The highest BCUT2D eigenvalue weighted by Crippen LogP contribution is 2.21.